The number of nitrogens with one attached hydrogen (secondary N) is 1. The predicted molar refractivity (Wildman–Crippen MR) is 113 cm³/mol. The molecule has 1 unspecified atom stereocenters. The van der Waals surface area contributed by atoms with Crippen LogP contribution in [-0.2, 0) is 0 Å². The van der Waals surface area contributed by atoms with Crippen LogP contribution in [0, 0.1) is 11.3 Å². The van der Waals surface area contributed by atoms with E-state index in [4.69, 9.17) is 14.2 Å². The molecule has 152 valence electrons. The Balaban J connectivity index is 1.77. The molecule has 2 aromatic carbocycles. The van der Waals surface area contributed by atoms with Gasteiger partial charge >= 0.3 is 0 Å². The number of aromatic nitrogens is 2. The molecule has 0 saturated carbocycles. The van der Waals surface area contributed by atoms with Crippen LogP contribution in [0.4, 0.5) is 5.82 Å². The van der Waals surface area contributed by atoms with Crippen molar-refractivity contribution >= 4 is 12.0 Å². The number of methoxy groups -OCH3 is 3. The van der Waals surface area contributed by atoms with Crippen LogP contribution in [0.15, 0.2) is 60.0 Å². The van der Waals surface area contributed by atoms with Crippen molar-refractivity contribution in [3.8, 4) is 23.3 Å². The summed E-state index contributed by atoms with van der Waals surface area (Å²) in [6.45, 7) is 0. The summed E-state index contributed by atoms with van der Waals surface area (Å²) in [5.74, 6) is 1.72. The van der Waals surface area contributed by atoms with Crippen LogP contribution in [0.2, 0.25) is 0 Å². The largest absolute Gasteiger partial charge is 0.497 e. The summed E-state index contributed by atoms with van der Waals surface area (Å²) in [4.78, 5) is 8.66. The number of hydrogen-bond donors (Lipinski definition) is 1. The summed E-state index contributed by atoms with van der Waals surface area (Å²) in [5, 5.41) is 13.9. The molecular weight excluding hydrogens is 382 g/mol. The van der Waals surface area contributed by atoms with Gasteiger partial charge in [0, 0.05) is 0 Å². The first kappa shape index (κ1) is 20.6. The molecule has 0 aliphatic heterocycles. The van der Waals surface area contributed by atoms with Gasteiger partial charge in [-0.05, 0) is 47.5 Å². The van der Waals surface area contributed by atoms with Crippen molar-refractivity contribution in [2.75, 3.05) is 26.8 Å². The van der Waals surface area contributed by atoms with E-state index in [1.807, 2.05) is 24.3 Å². The second-order valence-corrected chi connectivity index (χ2v) is 6.15. The number of ether oxygens (including phenoxy) is 3. The maximum absolute atomic E-state index is 9.73. The summed E-state index contributed by atoms with van der Waals surface area (Å²) >= 11 is 0. The Morgan fingerprint density at radius 3 is 2.43 bits per heavy atom. The van der Waals surface area contributed by atoms with Crippen molar-refractivity contribution in [3.63, 3.8) is 0 Å². The summed E-state index contributed by atoms with van der Waals surface area (Å²) in [7, 11) is 4.73. The van der Waals surface area contributed by atoms with E-state index in [2.05, 4.69) is 26.6 Å². The van der Waals surface area contributed by atoms with Crippen molar-refractivity contribution < 1.29 is 14.2 Å². The van der Waals surface area contributed by atoms with E-state index in [0.717, 1.165) is 16.9 Å². The Bertz CT molecular complexity index is 1060. The lowest BCUT2D eigenvalue weighted by molar-refractivity contribution is 0.354. The lowest BCUT2D eigenvalue weighted by Crippen LogP contribution is -2.05. The molecule has 0 saturated heterocycles. The summed E-state index contributed by atoms with van der Waals surface area (Å²) in [6, 6.07) is 15.1. The first-order valence-electron chi connectivity index (χ1n) is 9.05. The highest BCUT2D eigenvalue weighted by Gasteiger charge is 2.18. The molecule has 3 rings (SSSR count). The van der Waals surface area contributed by atoms with Crippen LogP contribution in [0.5, 0.6) is 17.2 Å². The second-order valence-electron chi connectivity index (χ2n) is 6.15. The van der Waals surface area contributed by atoms with Crippen molar-refractivity contribution in [2.24, 2.45) is 5.10 Å². The van der Waals surface area contributed by atoms with Gasteiger partial charge in [0.2, 0.25) is 0 Å². The molecular formula is C22H21N5O3. The van der Waals surface area contributed by atoms with Gasteiger partial charge in [-0.3, -0.25) is 10.4 Å². The average molecular weight is 403 g/mol. The number of anilines is 1. The summed E-state index contributed by atoms with van der Waals surface area (Å²) in [5.41, 5.74) is 4.96. The van der Waals surface area contributed by atoms with Crippen LogP contribution in [0.1, 0.15) is 22.7 Å². The molecule has 0 amide bonds. The zero-order valence-corrected chi connectivity index (χ0v) is 16.9. The third-order valence-corrected chi connectivity index (χ3v) is 4.33. The lowest BCUT2D eigenvalue weighted by Gasteiger charge is -2.13. The van der Waals surface area contributed by atoms with Crippen LogP contribution in [-0.4, -0.2) is 37.5 Å². The molecule has 1 atom stereocenters. The van der Waals surface area contributed by atoms with Gasteiger partial charge in [-0.15, -0.1) is 0 Å². The smallest absolute Gasteiger partial charge is 0.165 e. The van der Waals surface area contributed by atoms with E-state index in [1.54, 1.807) is 51.9 Å². The SMILES string of the molecule is COc1ccc(/C=N/Nc2cncc(C(C#N)c3ccc(OC)c(OC)c3)n2)cc1. The topological polar surface area (TPSA) is 102 Å². The van der Waals surface area contributed by atoms with Gasteiger partial charge in [0.05, 0.1) is 51.7 Å². The third-order valence-electron chi connectivity index (χ3n) is 4.33. The molecule has 0 spiro atoms. The molecule has 0 aliphatic rings. The van der Waals surface area contributed by atoms with Gasteiger partial charge in [-0.1, -0.05) is 6.07 Å². The Labute approximate surface area is 174 Å². The molecule has 0 aliphatic carbocycles. The van der Waals surface area contributed by atoms with E-state index < -0.39 is 5.92 Å². The first-order valence-corrected chi connectivity index (χ1v) is 9.05. The number of nitrogens with zero attached hydrogens (tertiary/aromatic N) is 4. The van der Waals surface area contributed by atoms with Crippen LogP contribution in [0.25, 0.3) is 0 Å². The Morgan fingerprint density at radius 1 is 1.00 bits per heavy atom. The zero-order chi connectivity index (χ0) is 21.3. The minimum absolute atomic E-state index is 0.429. The fraction of sp³-hybridized carbons (Fsp3) is 0.182. The Morgan fingerprint density at radius 2 is 1.77 bits per heavy atom. The maximum Gasteiger partial charge on any atom is 0.165 e. The lowest BCUT2D eigenvalue weighted by atomic mass is 9.97. The number of nitriles is 1. The minimum Gasteiger partial charge on any atom is -0.497 e. The molecule has 30 heavy (non-hydrogen) atoms. The minimum atomic E-state index is -0.621. The molecule has 1 N–H and O–H groups in total. The number of rotatable bonds is 8. The Hall–Kier alpha value is -4.12. The van der Waals surface area contributed by atoms with Gasteiger partial charge in [-0.2, -0.15) is 10.4 Å². The third kappa shape index (κ3) is 4.83. The summed E-state index contributed by atoms with van der Waals surface area (Å²) in [6.07, 6.45) is 4.75. The van der Waals surface area contributed by atoms with Gasteiger partial charge < -0.3 is 14.2 Å². The highest BCUT2D eigenvalue weighted by atomic mass is 16.5. The van der Waals surface area contributed by atoms with Crippen LogP contribution < -0.4 is 19.6 Å². The maximum atomic E-state index is 9.73. The number of hydrogen-bond acceptors (Lipinski definition) is 8. The van der Waals surface area contributed by atoms with Gasteiger partial charge in [0.25, 0.3) is 0 Å². The van der Waals surface area contributed by atoms with Gasteiger partial charge in [-0.25, -0.2) is 4.98 Å². The number of hydrazone groups is 1. The van der Waals surface area contributed by atoms with Crippen molar-refractivity contribution in [1.82, 2.24) is 9.97 Å². The normalized spacial score (nSPS) is 11.5. The Kier molecular flexibility index (Phi) is 6.79. The molecule has 1 heterocycles. The van der Waals surface area contributed by atoms with Crippen molar-refractivity contribution in [2.45, 2.75) is 5.92 Å². The van der Waals surface area contributed by atoms with E-state index >= 15 is 0 Å². The molecule has 0 bridgehead atoms. The van der Waals surface area contributed by atoms with Gasteiger partial charge in [0.1, 0.15) is 11.7 Å². The molecule has 3 aromatic rings. The zero-order valence-electron chi connectivity index (χ0n) is 16.9. The molecule has 0 fully saturated rings. The average Bonchev–Trinajstić information content (AvgIpc) is 2.80. The molecule has 1 aromatic heterocycles. The van der Waals surface area contributed by atoms with Crippen LogP contribution >= 0.6 is 0 Å². The molecule has 8 nitrogen and oxygen atoms in total. The standard InChI is InChI=1S/C22H21N5O3/c1-28-17-7-4-15(5-8-17)12-25-27-22-14-24-13-19(26-22)18(11-23)16-6-9-20(29-2)21(10-16)30-3/h4-10,12-14,18H,1-3H3,(H,26,27)/b25-12+. The van der Waals surface area contributed by atoms with Gasteiger partial charge in [0.15, 0.2) is 17.3 Å². The first-order chi connectivity index (χ1) is 14.7. The van der Waals surface area contributed by atoms with Crippen molar-refractivity contribution in [3.05, 3.63) is 71.7 Å². The van der Waals surface area contributed by atoms with Crippen molar-refractivity contribution in [1.29, 1.82) is 5.26 Å². The highest BCUT2D eigenvalue weighted by molar-refractivity contribution is 5.80. The fourth-order valence-corrected chi connectivity index (χ4v) is 2.78. The van der Waals surface area contributed by atoms with E-state index in [1.165, 1.54) is 6.20 Å². The van der Waals surface area contributed by atoms with Crippen LogP contribution in [0.3, 0.4) is 0 Å². The monoisotopic (exact) mass is 403 g/mol. The highest BCUT2D eigenvalue weighted by Crippen LogP contribution is 2.32. The summed E-state index contributed by atoms with van der Waals surface area (Å²) < 4.78 is 15.7. The van der Waals surface area contributed by atoms with E-state index in [-0.39, 0.29) is 0 Å². The second kappa shape index (κ2) is 9.89. The predicted octanol–water partition coefficient (Wildman–Crippen LogP) is 3.60. The molecule has 0 radical (unpaired) electrons. The number of benzene rings is 2. The van der Waals surface area contributed by atoms with E-state index in [0.29, 0.717) is 23.0 Å². The quantitative estimate of drug-likeness (QED) is 0.453. The molecule has 8 heteroatoms. The fourth-order valence-electron chi connectivity index (χ4n) is 2.78. The van der Waals surface area contributed by atoms with E-state index in [9.17, 15) is 5.26 Å².